The number of aliphatic hydroxyl groups excluding tert-OH is 1. The second-order valence-corrected chi connectivity index (χ2v) is 3.59. The van der Waals surface area contributed by atoms with E-state index in [1.807, 2.05) is 13.8 Å². The van der Waals surface area contributed by atoms with Gasteiger partial charge < -0.3 is 14.6 Å². The van der Waals surface area contributed by atoms with Crippen molar-refractivity contribution in [3.8, 4) is 5.75 Å². The van der Waals surface area contributed by atoms with Crippen LogP contribution >= 0.6 is 0 Å². The van der Waals surface area contributed by atoms with Gasteiger partial charge in [0, 0.05) is 0 Å². The van der Waals surface area contributed by atoms with Crippen molar-refractivity contribution < 1.29 is 19.4 Å². The third kappa shape index (κ3) is 2.33. The molecule has 0 fully saturated rings. The van der Waals surface area contributed by atoms with Crippen LogP contribution in [0, 0.1) is 13.8 Å². The standard InChI is InChI=1S/C12H16O4/c1-7-5-9(11(13)12(14)16-4)6-10(15-3)8(7)2/h5-6,11,13H,1-4H3. The molecule has 4 heteroatoms. The lowest BCUT2D eigenvalue weighted by Gasteiger charge is -2.13. The molecule has 0 bridgehead atoms. The summed E-state index contributed by atoms with van der Waals surface area (Å²) in [5.74, 6) is -0.0248. The lowest BCUT2D eigenvalue weighted by molar-refractivity contribution is -0.150. The van der Waals surface area contributed by atoms with E-state index in [-0.39, 0.29) is 0 Å². The van der Waals surface area contributed by atoms with Crippen molar-refractivity contribution in [1.29, 1.82) is 0 Å². The quantitative estimate of drug-likeness (QED) is 0.791. The third-order valence-corrected chi connectivity index (χ3v) is 2.60. The van der Waals surface area contributed by atoms with E-state index in [2.05, 4.69) is 4.74 Å². The molecular formula is C12H16O4. The first-order valence-corrected chi connectivity index (χ1v) is 4.92. The van der Waals surface area contributed by atoms with Gasteiger partial charge >= 0.3 is 5.97 Å². The average molecular weight is 224 g/mol. The van der Waals surface area contributed by atoms with Gasteiger partial charge in [-0.1, -0.05) is 6.07 Å². The number of aliphatic hydroxyl groups is 1. The predicted octanol–water partition coefficient (Wildman–Crippen LogP) is 1.52. The van der Waals surface area contributed by atoms with E-state index in [4.69, 9.17) is 4.74 Å². The largest absolute Gasteiger partial charge is 0.496 e. The third-order valence-electron chi connectivity index (χ3n) is 2.60. The van der Waals surface area contributed by atoms with Crippen LogP contribution in [0.15, 0.2) is 12.1 Å². The molecule has 0 radical (unpaired) electrons. The van der Waals surface area contributed by atoms with Crippen LogP contribution in [0.5, 0.6) is 5.75 Å². The van der Waals surface area contributed by atoms with Crippen molar-refractivity contribution in [3.05, 3.63) is 28.8 Å². The number of hydrogen-bond donors (Lipinski definition) is 1. The number of methoxy groups -OCH3 is 2. The highest BCUT2D eigenvalue weighted by atomic mass is 16.5. The topological polar surface area (TPSA) is 55.8 Å². The van der Waals surface area contributed by atoms with E-state index < -0.39 is 12.1 Å². The van der Waals surface area contributed by atoms with Gasteiger partial charge in [-0.05, 0) is 36.6 Å². The van der Waals surface area contributed by atoms with E-state index in [0.717, 1.165) is 11.1 Å². The minimum atomic E-state index is -1.27. The Morgan fingerprint density at radius 1 is 1.31 bits per heavy atom. The first-order valence-electron chi connectivity index (χ1n) is 4.92. The van der Waals surface area contributed by atoms with Gasteiger partial charge in [-0.25, -0.2) is 4.79 Å². The Morgan fingerprint density at radius 3 is 2.44 bits per heavy atom. The van der Waals surface area contributed by atoms with Crippen molar-refractivity contribution >= 4 is 5.97 Å². The summed E-state index contributed by atoms with van der Waals surface area (Å²) in [5.41, 5.74) is 2.42. The molecule has 1 aromatic carbocycles. The van der Waals surface area contributed by atoms with Crippen molar-refractivity contribution in [3.63, 3.8) is 0 Å². The molecule has 0 aliphatic rings. The zero-order valence-corrected chi connectivity index (χ0v) is 9.90. The molecule has 16 heavy (non-hydrogen) atoms. The Labute approximate surface area is 94.8 Å². The van der Waals surface area contributed by atoms with Gasteiger partial charge in [0.05, 0.1) is 14.2 Å². The molecule has 0 saturated carbocycles. The number of hydrogen-bond acceptors (Lipinski definition) is 4. The highest BCUT2D eigenvalue weighted by Crippen LogP contribution is 2.27. The van der Waals surface area contributed by atoms with Crippen LogP contribution in [0.1, 0.15) is 22.8 Å². The van der Waals surface area contributed by atoms with Crippen molar-refractivity contribution in [1.82, 2.24) is 0 Å². The lowest BCUT2D eigenvalue weighted by Crippen LogP contribution is -2.14. The van der Waals surface area contributed by atoms with Crippen LogP contribution in [0.3, 0.4) is 0 Å². The van der Waals surface area contributed by atoms with E-state index in [1.54, 1.807) is 19.2 Å². The Hall–Kier alpha value is -1.55. The molecule has 0 saturated heterocycles. The van der Waals surface area contributed by atoms with E-state index in [1.165, 1.54) is 7.11 Å². The molecular weight excluding hydrogens is 208 g/mol. The van der Waals surface area contributed by atoms with Gasteiger partial charge in [0.2, 0.25) is 0 Å². The van der Waals surface area contributed by atoms with Crippen molar-refractivity contribution in [2.75, 3.05) is 14.2 Å². The molecule has 1 aromatic rings. The molecule has 4 nitrogen and oxygen atoms in total. The summed E-state index contributed by atoms with van der Waals surface area (Å²) >= 11 is 0. The maximum Gasteiger partial charge on any atom is 0.339 e. The normalized spacial score (nSPS) is 12.1. The fourth-order valence-electron chi connectivity index (χ4n) is 1.47. The van der Waals surface area contributed by atoms with Crippen LogP contribution in [0.25, 0.3) is 0 Å². The average Bonchev–Trinajstić information content (AvgIpc) is 2.30. The van der Waals surface area contributed by atoms with Gasteiger partial charge in [0.25, 0.3) is 0 Å². The number of carbonyl (C=O) groups is 1. The van der Waals surface area contributed by atoms with Gasteiger partial charge in [-0.3, -0.25) is 0 Å². The summed E-state index contributed by atoms with van der Waals surface area (Å²) in [6.07, 6.45) is -1.27. The summed E-state index contributed by atoms with van der Waals surface area (Å²) in [7, 11) is 2.79. The summed E-state index contributed by atoms with van der Waals surface area (Å²) in [4.78, 5) is 11.2. The van der Waals surface area contributed by atoms with Crippen LogP contribution in [-0.4, -0.2) is 25.3 Å². The van der Waals surface area contributed by atoms with E-state index in [9.17, 15) is 9.90 Å². The van der Waals surface area contributed by atoms with Gasteiger partial charge in [0.15, 0.2) is 6.10 Å². The Balaban J connectivity index is 3.16. The zero-order chi connectivity index (χ0) is 12.3. The number of benzene rings is 1. The van der Waals surface area contributed by atoms with E-state index in [0.29, 0.717) is 11.3 Å². The summed E-state index contributed by atoms with van der Waals surface area (Å²) < 4.78 is 9.65. The predicted molar refractivity (Wildman–Crippen MR) is 59.4 cm³/mol. The van der Waals surface area contributed by atoms with Gasteiger partial charge in [-0.2, -0.15) is 0 Å². The van der Waals surface area contributed by atoms with Gasteiger partial charge in [0.1, 0.15) is 5.75 Å². The minimum Gasteiger partial charge on any atom is -0.496 e. The molecule has 0 aliphatic heterocycles. The maximum absolute atomic E-state index is 11.2. The second-order valence-electron chi connectivity index (χ2n) is 3.59. The highest BCUT2D eigenvalue weighted by molar-refractivity contribution is 5.76. The molecule has 0 aromatic heterocycles. The smallest absolute Gasteiger partial charge is 0.339 e. The summed E-state index contributed by atoms with van der Waals surface area (Å²) in [5, 5.41) is 9.69. The van der Waals surface area contributed by atoms with Crippen LogP contribution in [0.4, 0.5) is 0 Å². The molecule has 1 rings (SSSR count). The number of esters is 1. The van der Waals surface area contributed by atoms with Crippen molar-refractivity contribution in [2.24, 2.45) is 0 Å². The van der Waals surface area contributed by atoms with Crippen LogP contribution in [-0.2, 0) is 9.53 Å². The Bertz CT molecular complexity index is 398. The fraction of sp³-hybridized carbons (Fsp3) is 0.417. The van der Waals surface area contributed by atoms with Gasteiger partial charge in [-0.15, -0.1) is 0 Å². The molecule has 0 heterocycles. The molecule has 1 N–H and O–H groups in total. The first kappa shape index (κ1) is 12.5. The fourth-order valence-corrected chi connectivity index (χ4v) is 1.47. The van der Waals surface area contributed by atoms with Crippen LogP contribution < -0.4 is 4.74 Å². The monoisotopic (exact) mass is 224 g/mol. The lowest BCUT2D eigenvalue weighted by atomic mass is 10.0. The maximum atomic E-state index is 11.2. The number of rotatable bonds is 3. The Kier molecular flexibility index (Phi) is 3.90. The van der Waals surface area contributed by atoms with Crippen molar-refractivity contribution in [2.45, 2.75) is 20.0 Å². The van der Waals surface area contributed by atoms with Crippen LogP contribution in [0.2, 0.25) is 0 Å². The zero-order valence-electron chi connectivity index (χ0n) is 9.90. The number of aryl methyl sites for hydroxylation is 1. The first-order chi connectivity index (χ1) is 7.51. The molecule has 0 aliphatic carbocycles. The number of ether oxygens (including phenoxy) is 2. The number of carbonyl (C=O) groups excluding carboxylic acids is 1. The SMILES string of the molecule is COC(=O)C(O)c1cc(C)c(C)c(OC)c1. The summed E-state index contributed by atoms with van der Waals surface area (Å²) in [6, 6.07) is 3.39. The molecule has 0 spiro atoms. The summed E-state index contributed by atoms with van der Waals surface area (Å²) in [6.45, 7) is 3.81. The van der Waals surface area contributed by atoms with E-state index >= 15 is 0 Å². The highest BCUT2D eigenvalue weighted by Gasteiger charge is 2.19. The molecule has 1 unspecified atom stereocenters. The Morgan fingerprint density at radius 2 is 1.94 bits per heavy atom. The second kappa shape index (κ2) is 4.99. The molecule has 0 amide bonds. The minimum absolute atomic E-state index is 0.479. The molecule has 88 valence electrons. The molecule has 1 atom stereocenters.